The van der Waals surface area contributed by atoms with Crippen molar-refractivity contribution in [1.29, 1.82) is 0 Å². The van der Waals surface area contributed by atoms with Crippen molar-refractivity contribution in [2.45, 2.75) is 43.8 Å². The predicted molar refractivity (Wildman–Crippen MR) is 124 cm³/mol. The second kappa shape index (κ2) is 8.86. The van der Waals surface area contributed by atoms with E-state index in [1.807, 2.05) is 36.4 Å². The molecule has 0 aliphatic carbocycles. The number of nitrogens with one attached hydrogen (secondary N) is 3. The molecule has 8 heteroatoms. The van der Waals surface area contributed by atoms with Gasteiger partial charge in [0.1, 0.15) is 11.8 Å². The highest BCUT2D eigenvalue weighted by molar-refractivity contribution is 6.10. The number of carbonyl (C=O) groups excluding carboxylic acids is 3. The molecule has 33 heavy (non-hydrogen) atoms. The van der Waals surface area contributed by atoms with Crippen molar-refractivity contribution >= 4 is 23.4 Å². The minimum atomic E-state index is -0.607. The number of fused-ring (bicyclic) bond motifs is 2. The van der Waals surface area contributed by atoms with E-state index in [1.54, 1.807) is 18.1 Å². The first-order chi connectivity index (χ1) is 16.0. The van der Waals surface area contributed by atoms with Gasteiger partial charge in [-0.05, 0) is 67.6 Å². The van der Waals surface area contributed by atoms with Gasteiger partial charge in [0.05, 0.1) is 24.4 Å². The van der Waals surface area contributed by atoms with E-state index < -0.39 is 6.04 Å². The zero-order valence-electron chi connectivity index (χ0n) is 18.6. The zero-order chi connectivity index (χ0) is 22.9. The summed E-state index contributed by atoms with van der Waals surface area (Å²) in [6, 6.07) is 12.3. The summed E-state index contributed by atoms with van der Waals surface area (Å²) in [5, 5.41) is 9.21. The van der Waals surface area contributed by atoms with Gasteiger partial charge < -0.3 is 25.6 Å². The molecule has 0 saturated carbocycles. The van der Waals surface area contributed by atoms with E-state index in [9.17, 15) is 14.4 Å². The Morgan fingerprint density at radius 3 is 2.61 bits per heavy atom. The molecule has 3 heterocycles. The quantitative estimate of drug-likeness (QED) is 0.666. The topological polar surface area (TPSA) is 99.8 Å². The van der Waals surface area contributed by atoms with Crippen LogP contribution in [0, 0.1) is 0 Å². The number of piperidine rings is 1. The van der Waals surface area contributed by atoms with Crippen LogP contribution in [0.5, 0.6) is 5.75 Å². The van der Waals surface area contributed by atoms with E-state index in [4.69, 9.17) is 4.74 Å². The molecule has 8 nitrogen and oxygen atoms in total. The van der Waals surface area contributed by atoms with E-state index in [0.717, 1.165) is 36.3 Å². The number of anilines is 1. The van der Waals surface area contributed by atoms with Crippen molar-refractivity contribution in [1.82, 2.24) is 15.5 Å². The van der Waals surface area contributed by atoms with Crippen molar-refractivity contribution in [2.24, 2.45) is 0 Å². The fourth-order valence-corrected chi connectivity index (χ4v) is 4.96. The van der Waals surface area contributed by atoms with Crippen LogP contribution in [0.4, 0.5) is 5.69 Å². The molecular weight excluding hydrogens is 420 g/mol. The molecule has 0 bridgehead atoms. The Balaban J connectivity index is 1.35. The van der Waals surface area contributed by atoms with Crippen LogP contribution in [0.3, 0.4) is 0 Å². The summed E-state index contributed by atoms with van der Waals surface area (Å²) in [5.41, 5.74) is 2.85. The highest BCUT2D eigenvalue weighted by atomic mass is 16.5. The number of amides is 3. The summed E-state index contributed by atoms with van der Waals surface area (Å²) < 4.78 is 5.22. The van der Waals surface area contributed by atoms with Crippen LogP contribution >= 0.6 is 0 Å². The van der Waals surface area contributed by atoms with Crippen molar-refractivity contribution in [3.63, 3.8) is 0 Å². The van der Waals surface area contributed by atoms with E-state index in [0.29, 0.717) is 30.6 Å². The standard InChI is InChI=1S/C25H28N4O4/c1-33-18-7-4-15(5-8-18)16-6-9-20-19(13-16)25(32)29-12-10-17(14-22(29)24(31)28-20)27-23(30)21-3-2-11-26-21/h4-9,13,17,21-22,26H,2-3,10-12,14H2,1H3,(H,27,30)(H,28,31)/t17-,21+,22-/m0/s1. The summed E-state index contributed by atoms with van der Waals surface area (Å²) in [5.74, 6) is 0.375. The van der Waals surface area contributed by atoms with Crippen LogP contribution in [0.25, 0.3) is 11.1 Å². The number of nitrogens with zero attached hydrogens (tertiary/aromatic N) is 1. The van der Waals surface area contributed by atoms with Gasteiger partial charge in [-0.2, -0.15) is 0 Å². The Morgan fingerprint density at radius 1 is 1.09 bits per heavy atom. The van der Waals surface area contributed by atoms with Crippen molar-refractivity contribution < 1.29 is 19.1 Å². The van der Waals surface area contributed by atoms with Gasteiger partial charge in [0.2, 0.25) is 11.8 Å². The molecule has 0 radical (unpaired) electrons. The van der Waals surface area contributed by atoms with Crippen molar-refractivity contribution in [3.05, 3.63) is 48.0 Å². The number of carbonyl (C=O) groups is 3. The number of hydrogen-bond acceptors (Lipinski definition) is 5. The lowest BCUT2D eigenvalue weighted by molar-refractivity contribution is -0.126. The minimum absolute atomic E-state index is 0.0151. The van der Waals surface area contributed by atoms with Crippen LogP contribution in [0.15, 0.2) is 42.5 Å². The van der Waals surface area contributed by atoms with Crippen LogP contribution < -0.4 is 20.7 Å². The number of hydrogen-bond donors (Lipinski definition) is 3. The highest BCUT2D eigenvalue weighted by Crippen LogP contribution is 2.32. The maximum Gasteiger partial charge on any atom is 0.256 e. The Kier molecular flexibility index (Phi) is 5.76. The molecule has 0 unspecified atom stereocenters. The maximum atomic E-state index is 13.5. The van der Waals surface area contributed by atoms with E-state index in [1.165, 1.54) is 0 Å². The Labute approximate surface area is 192 Å². The predicted octanol–water partition coefficient (Wildman–Crippen LogP) is 2.16. The van der Waals surface area contributed by atoms with E-state index >= 15 is 0 Å². The van der Waals surface area contributed by atoms with Gasteiger partial charge in [-0.25, -0.2) is 0 Å². The third kappa shape index (κ3) is 4.18. The second-order valence-corrected chi connectivity index (χ2v) is 8.87. The summed E-state index contributed by atoms with van der Waals surface area (Å²) in [7, 11) is 1.62. The molecule has 0 spiro atoms. The van der Waals surface area contributed by atoms with Gasteiger partial charge in [-0.1, -0.05) is 18.2 Å². The number of rotatable bonds is 4. The summed E-state index contributed by atoms with van der Waals surface area (Å²) in [6.45, 7) is 1.28. The molecule has 3 aliphatic rings. The zero-order valence-corrected chi connectivity index (χ0v) is 18.6. The average molecular weight is 449 g/mol. The lowest BCUT2D eigenvalue weighted by Crippen LogP contribution is -2.56. The lowest BCUT2D eigenvalue weighted by atomic mass is 9.95. The summed E-state index contributed by atoms with van der Waals surface area (Å²) >= 11 is 0. The first-order valence-corrected chi connectivity index (χ1v) is 11.5. The van der Waals surface area contributed by atoms with Crippen molar-refractivity contribution in [2.75, 3.05) is 25.5 Å². The van der Waals surface area contributed by atoms with Crippen LogP contribution in [0.2, 0.25) is 0 Å². The fourth-order valence-electron chi connectivity index (χ4n) is 4.96. The third-order valence-corrected chi connectivity index (χ3v) is 6.82. The van der Waals surface area contributed by atoms with Gasteiger partial charge in [0.15, 0.2) is 0 Å². The van der Waals surface area contributed by atoms with Crippen LogP contribution in [-0.2, 0) is 9.59 Å². The number of benzene rings is 2. The molecule has 2 saturated heterocycles. The van der Waals surface area contributed by atoms with Gasteiger partial charge in [0.25, 0.3) is 5.91 Å². The summed E-state index contributed by atoms with van der Waals surface area (Å²) in [6.07, 6.45) is 2.86. The molecule has 2 aromatic carbocycles. The van der Waals surface area contributed by atoms with E-state index in [2.05, 4.69) is 16.0 Å². The molecule has 5 rings (SSSR count). The molecule has 2 aromatic rings. The summed E-state index contributed by atoms with van der Waals surface area (Å²) in [4.78, 5) is 40.6. The normalized spacial score (nSPS) is 24.4. The monoisotopic (exact) mass is 448 g/mol. The van der Waals surface area contributed by atoms with Crippen LogP contribution in [-0.4, -0.2) is 60.9 Å². The van der Waals surface area contributed by atoms with Crippen LogP contribution in [0.1, 0.15) is 36.0 Å². The Bertz CT molecular complexity index is 1080. The first kappa shape index (κ1) is 21.5. The highest BCUT2D eigenvalue weighted by Gasteiger charge is 2.40. The number of methoxy groups -OCH3 is 1. The largest absolute Gasteiger partial charge is 0.497 e. The fraction of sp³-hybridized carbons (Fsp3) is 0.400. The smallest absolute Gasteiger partial charge is 0.256 e. The van der Waals surface area contributed by atoms with Gasteiger partial charge in [0, 0.05) is 12.6 Å². The molecule has 3 amide bonds. The Hall–Kier alpha value is -3.39. The second-order valence-electron chi connectivity index (χ2n) is 8.87. The average Bonchev–Trinajstić information content (AvgIpc) is 3.36. The molecule has 3 atom stereocenters. The van der Waals surface area contributed by atoms with Gasteiger partial charge >= 0.3 is 0 Å². The van der Waals surface area contributed by atoms with Gasteiger partial charge in [-0.3, -0.25) is 14.4 Å². The third-order valence-electron chi connectivity index (χ3n) is 6.82. The molecule has 3 N–H and O–H groups in total. The SMILES string of the molecule is COc1ccc(-c2ccc3c(c2)C(=O)N2CC[C@H](NC(=O)[C@H]4CCCN4)C[C@H]2C(=O)N3)cc1. The Morgan fingerprint density at radius 2 is 1.88 bits per heavy atom. The van der Waals surface area contributed by atoms with Crippen molar-refractivity contribution in [3.8, 4) is 16.9 Å². The minimum Gasteiger partial charge on any atom is -0.497 e. The molecular formula is C25H28N4O4. The maximum absolute atomic E-state index is 13.5. The molecule has 0 aromatic heterocycles. The molecule has 2 fully saturated rings. The lowest BCUT2D eigenvalue weighted by Gasteiger charge is -2.37. The van der Waals surface area contributed by atoms with Gasteiger partial charge in [-0.15, -0.1) is 0 Å². The molecule has 172 valence electrons. The first-order valence-electron chi connectivity index (χ1n) is 11.5. The molecule has 3 aliphatic heterocycles. The van der Waals surface area contributed by atoms with E-state index in [-0.39, 0.29) is 29.8 Å². The number of ether oxygens (including phenoxy) is 1.